The van der Waals surface area contributed by atoms with Crippen molar-refractivity contribution in [2.45, 2.75) is 20.8 Å². The van der Waals surface area contributed by atoms with Crippen molar-refractivity contribution in [1.82, 2.24) is 4.98 Å². The van der Waals surface area contributed by atoms with Gasteiger partial charge in [0.2, 0.25) is 0 Å². The van der Waals surface area contributed by atoms with Crippen molar-refractivity contribution >= 4 is 21.7 Å². The van der Waals surface area contributed by atoms with Crippen molar-refractivity contribution in [2.24, 2.45) is 5.41 Å². The molecule has 0 amide bonds. The van der Waals surface area contributed by atoms with Crippen molar-refractivity contribution in [1.29, 1.82) is 0 Å². The number of carbonyl (C=O) groups excluding carboxylic acids is 1. The number of rotatable bonds is 1. The Morgan fingerprint density at radius 2 is 2.08 bits per heavy atom. The fourth-order valence-corrected chi connectivity index (χ4v) is 1.25. The normalized spacial score (nSPS) is 11.4. The van der Waals surface area contributed by atoms with Crippen LogP contribution in [0.25, 0.3) is 0 Å². The number of ketones is 1. The third-order valence-corrected chi connectivity index (χ3v) is 2.13. The van der Waals surface area contributed by atoms with Gasteiger partial charge in [-0.3, -0.25) is 9.78 Å². The van der Waals surface area contributed by atoms with Crippen LogP contribution in [0, 0.1) is 5.41 Å². The molecule has 0 spiro atoms. The molecule has 0 bridgehead atoms. The zero-order valence-corrected chi connectivity index (χ0v) is 9.55. The monoisotopic (exact) mass is 241 g/mol. The molecule has 1 heterocycles. The van der Waals surface area contributed by atoms with Crippen LogP contribution in [0.3, 0.4) is 0 Å². The Bertz CT molecular complexity index is 328. The second-order valence-corrected chi connectivity index (χ2v) is 4.85. The molecular weight excluding hydrogens is 230 g/mol. The molecule has 0 aliphatic heterocycles. The van der Waals surface area contributed by atoms with Crippen molar-refractivity contribution in [3.8, 4) is 0 Å². The second kappa shape index (κ2) is 3.58. The van der Waals surface area contributed by atoms with E-state index in [1.165, 1.54) is 0 Å². The molecule has 70 valence electrons. The Morgan fingerprint density at radius 3 is 2.54 bits per heavy atom. The van der Waals surface area contributed by atoms with Crippen molar-refractivity contribution in [2.75, 3.05) is 0 Å². The van der Waals surface area contributed by atoms with E-state index in [0.717, 1.165) is 4.47 Å². The van der Waals surface area contributed by atoms with E-state index >= 15 is 0 Å². The predicted octanol–water partition coefficient (Wildman–Crippen LogP) is 3.07. The van der Waals surface area contributed by atoms with Gasteiger partial charge in [0.05, 0.1) is 0 Å². The highest BCUT2D eigenvalue weighted by Gasteiger charge is 2.23. The molecule has 0 radical (unpaired) electrons. The topological polar surface area (TPSA) is 30.0 Å². The zero-order chi connectivity index (χ0) is 10.1. The lowest BCUT2D eigenvalue weighted by Gasteiger charge is -2.15. The quantitative estimate of drug-likeness (QED) is 0.708. The fraction of sp³-hybridized carbons (Fsp3) is 0.400. The van der Waals surface area contributed by atoms with Gasteiger partial charge in [-0.2, -0.15) is 0 Å². The molecule has 0 aliphatic carbocycles. The molecule has 1 rings (SSSR count). The summed E-state index contributed by atoms with van der Waals surface area (Å²) >= 11 is 3.30. The average Bonchev–Trinajstić information content (AvgIpc) is 2.01. The summed E-state index contributed by atoms with van der Waals surface area (Å²) in [7, 11) is 0. The number of hydrogen-bond donors (Lipinski definition) is 0. The molecule has 1 aromatic heterocycles. The third kappa shape index (κ3) is 2.62. The molecule has 0 N–H and O–H groups in total. The van der Waals surface area contributed by atoms with Gasteiger partial charge in [0, 0.05) is 16.1 Å². The summed E-state index contributed by atoms with van der Waals surface area (Å²) in [6.45, 7) is 5.66. The second-order valence-electron chi connectivity index (χ2n) is 3.94. The molecular formula is C10H12BrNO. The van der Waals surface area contributed by atoms with Crippen molar-refractivity contribution in [3.05, 3.63) is 28.5 Å². The van der Waals surface area contributed by atoms with Crippen LogP contribution < -0.4 is 0 Å². The van der Waals surface area contributed by atoms with E-state index in [1.54, 1.807) is 18.3 Å². The first-order valence-corrected chi connectivity index (χ1v) is 4.87. The first-order chi connectivity index (χ1) is 5.91. The molecule has 0 aliphatic rings. The van der Waals surface area contributed by atoms with Gasteiger partial charge in [-0.15, -0.1) is 0 Å². The van der Waals surface area contributed by atoms with Crippen LogP contribution in [0.15, 0.2) is 22.8 Å². The summed E-state index contributed by atoms with van der Waals surface area (Å²) in [6, 6.07) is 3.55. The molecule has 2 nitrogen and oxygen atoms in total. The molecule has 0 saturated heterocycles. The third-order valence-electron chi connectivity index (χ3n) is 1.64. The standard InChI is InChI=1S/C10H12BrNO/c1-10(2,3)9(13)8-6-7(11)4-5-12-8/h4-6H,1-3H3. The van der Waals surface area contributed by atoms with Crippen LogP contribution in [0.1, 0.15) is 31.3 Å². The number of carbonyl (C=O) groups is 1. The Balaban J connectivity index is 3.03. The molecule has 3 heteroatoms. The van der Waals surface area contributed by atoms with Crippen LogP contribution in [-0.2, 0) is 0 Å². The van der Waals surface area contributed by atoms with Gasteiger partial charge in [-0.05, 0) is 12.1 Å². The highest BCUT2D eigenvalue weighted by atomic mass is 79.9. The molecule has 0 unspecified atom stereocenters. The number of halogens is 1. The van der Waals surface area contributed by atoms with E-state index in [1.807, 2.05) is 20.8 Å². The average molecular weight is 242 g/mol. The number of nitrogens with zero attached hydrogens (tertiary/aromatic N) is 1. The summed E-state index contributed by atoms with van der Waals surface area (Å²) in [4.78, 5) is 15.8. The zero-order valence-electron chi connectivity index (χ0n) is 7.97. The summed E-state index contributed by atoms with van der Waals surface area (Å²) in [5.74, 6) is 0.0637. The predicted molar refractivity (Wildman–Crippen MR) is 55.7 cm³/mol. The Kier molecular flexibility index (Phi) is 2.86. The maximum Gasteiger partial charge on any atom is 0.186 e. The van der Waals surface area contributed by atoms with E-state index in [2.05, 4.69) is 20.9 Å². The molecule has 0 aromatic carbocycles. The van der Waals surface area contributed by atoms with Gasteiger partial charge < -0.3 is 0 Å². The van der Waals surface area contributed by atoms with Gasteiger partial charge >= 0.3 is 0 Å². The van der Waals surface area contributed by atoms with E-state index < -0.39 is 0 Å². The fourth-order valence-electron chi connectivity index (χ4n) is 0.913. The van der Waals surface area contributed by atoms with Gasteiger partial charge in [-0.25, -0.2) is 0 Å². The van der Waals surface area contributed by atoms with Gasteiger partial charge in [0.1, 0.15) is 5.69 Å². The van der Waals surface area contributed by atoms with Crippen LogP contribution in [0.5, 0.6) is 0 Å². The van der Waals surface area contributed by atoms with E-state index in [4.69, 9.17) is 0 Å². The molecule has 0 atom stereocenters. The molecule has 13 heavy (non-hydrogen) atoms. The van der Waals surface area contributed by atoms with Gasteiger partial charge in [0.15, 0.2) is 5.78 Å². The van der Waals surface area contributed by atoms with Crippen molar-refractivity contribution in [3.63, 3.8) is 0 Å². The Hall–Kier alpha value is -0.700. The maximum absolute atomic E-state index is 11.7. The minimum absolute atomic E-state index is 0.0637. The maximum atomic E-state index is 11.7. The van der Waals surface area contributed by atoms with E-state index in [9.17, 15) is 4.79 Å². The van der Waals surface area contributed by atoms with Crippen LogP contribution in [0.4, 0.5) is 0 Å². The summed E-state index contributed by atoms with van der Waals surface area (Å²) < 4.78 is 0.884. The first-order valence-electron chi connectivity index (χ1n) is 4.07. The number of aromatic nitrogens is 1. The highest BCUT2D eigenvalue weighted by Crippen LogP contribution is 2.20. The first kappa shape index (κ1) is 10.4. The summed E-state index contributed by atoms with van der Waals surface area (Å²) in [5, 5.41) is 0. The Morgan fingerprint density at radius 1 is 1.46 bits per heavy atom. The summed E-state index contributed by atoms with van der Waals surface area (Å²) in [5.41, 5.74) is 0.148. The Labute approximate surface area is 86.5 Å². The van der Waals surface area contributed by atoms with Gasteiger partial charge in [0.25, 0.3) is 0 Å². The number of pyridine rings is 1. The van der Waals surface area contributed by atoms with Gasteiger partial charge in [-0.1, -0.05) is 36.7 Å². The minimum Gasteiger partial charge on any atom is -0.292 e. The smallest absolute Gasteiger partial charge is 0.186 e. The number of Topliss-reactive ketones (excluding diaryl/α,β-unsaturated/α-hetero) is 1. The lowest BCUT2D eigenvalue weighted by Crippen LogP contribution is -2.21. The van der Waals surface area contributed by atoms with E-state index in [0.29, 0.717) is 5.69 Å². The SMILES string of the molecule is CC(C)(C)C(=O)c1cc(Br)ccn1. The summed E-state index contributed by atoms with van der Waals surface area (Å²) in [6.07, 6.45) is 1.63. The largest absolute Gasteiger partial charge is 0.292 e. The minimum atomic E-state index is -0.367. The molecule has 1 aromatic rings. The molecule has 0 fully saturated rings. The molecule has 0 saturated carbocycles. The van der Waals surface area contributed by atoms with Crippen molar-refractivity contribution < 1.29 is 4.79 Å². The lowest BCUT2D eigenvalue weighted by molar-refractivity contribution is 0.0853. The van der Waals surface area contributed by atoms with E-state index in [-0.39, 0.29) is 11.2 Å². The highest BCUT2D eigenvalue weighted by molar-refractivity contribution is 9.10. The van der Waals surface area contributed by atoms with Crippen LogP contribution >= 0.6 is 15.9 Å². The lowest BCUT2D eigenvalue weighted by atomic mass is 9.89. The van der Waals surface area contributed by atoms with Crippen LogP contribution in [-0.4, -0.2) is 10.8 Å². The number of hydrogen-bond acceptors (Lipinski definition) is 2. The van der Waals surface area contributed by atoms with Crippen LogP contribution in [0.2, 0.25) is 0 Å².